The molecule has 1 amide bonds. The van der Waals surface area contributed by atoms with Crippen molar-refractivity contribution in [3.8, 4) is 0 Å². The molecule has 1 aliphatic rings. The van der Waals surface area contributed by atoms with Gasteiger partial charge in [-0.1, -0.05) is 50.2 Å². The Morgan fingerprint density at radius 3 is 2.22 bits per heavy atom. The maximum Gasteiger partial charge on any atom is 0.270 e. The van der Waals surface area contributed by atoms with Crippen molar-refractivity contribution in [3.63, 3.8) is 0 Å². The molecule has 2 aromatic carbocycles. The lowest BCUT2D eigenvalue weighted by Gasteiger charge is -2.34. The summed E-state index contributed by atoms with van der Waals surface area (Å²) in [6.45, 7) is 4.48. The second-order valence-electron chi connectivity index (χ2n) is 9.10. The molecule has 198 valence electrons. The van der Waals surface area contributed by atoms with E-state index in [4.69, 9.17) is 5.11 Å². The topological polar surface area (TPSA) is 136 Å². The van der Waals surface area contributed by atoms with Gasteiger partial charge in [0.1, 0.15) is 5.78 Å². The van der Waals surface area contributed by atoms with Gasteiger partial charge in [-0.25, -0.2) is 5.43 Å². The number of ketones is 3. The summed E-state index contributed by atoms with van der Waals surface area (Å²) >= 11 is 0. The van der Waals surface area contributed by atoms with E-state index in [-0.39, 0.29) is 58.9 Å². The van der Waals surface area contributed by atoms with Crippen LogP contribution in [0.25, 0.3) is 0 Å². The molecule has 2 aromatic rings. The molecule has 0 heterocycles. The Morgan fingerprint density at radius 2 is 1.57 bits per heavy atom. The maximum absolute atomic E-state index is 14.0. The molecule has 0 bridgehead atoms. The molecule has 9 heteroatoms. The molecule has 0 radical (unpaired) electrons. The van der Waals surface area contributed by atoms with Crippen LogP contribution in [0.1, 0.15) is 88.2 Å². The van der Waals surface area contributed by atoms with Gasteiger partial charge in [-0.2, -0.15) is 0 Å². The minimum absolute atomic E-state index is 0.0771. The smallest absolute Gasteiger partial charge is 0.270 e. The van der Waals surface area contributed by atoms with Crippen LogP contribution >= 0.6 is 0 Å². The first-order valence-electron chi connectivity index (χ1n) is 12.8. The van der Waals surface area contributed by atoms with Gasteiger partial charge in [-0.15, -0.1) is 0 Å². The number of hydrogen-bond acceptors (Lipinski definition) is 8. The highest BCUT2D eigenvalue weighted by Crippen LogP contribution is 2.30. The van der Waals surface area contributed by atoms with Crippen molar-refractivity contribution in [2.45, 2.75) is 58.2 Å². The van der Waals surface area contributed by atoms with Crippen molar-refractivity contribution >= 4 is 23.3 Å². The summed E-state index contributed by atoms with van der Waals surface area (Å²) in [6.07, 6.45) is -0.0371. The third-order valence-electron chi connectivity index (χ3n) is 6.25. The van der Waals surface area contributed by atoms with Crippen molar-refractivity contribution < 1.29 is 29.4 Å². The highest BCUT2D eigenvalue weighted by molar-refractivity contribution is 6.30. The molecule has 2 atom stereocenters. The zero-order valence-corrected chi connectivity index (χ0v) is 21.3. The number of benzene rings is 2. The summed E-state index contributed by atoms with van der Waals surface area (Å²) in [4.78, 5) is 52.9. The Balaban J connectivity index is 1.96. The fourth-order valence-corrected chi connectivity index (χ4v) is 4.37. The number of Topliss-reactive ketones (excluding diaryl/α,β-unsaturated/α-hetero) is 1. The van der Waals surface area contributed by atoms with Crippen LogP contribution in [-0.4, -0.2) is 70.4 Å². The summed E-state index contributed by atoms with van der Waals surface area (Å²) < 4.78 is 0. The quantitative estimate of drug-likeness (QED) is 0.192. The number of fused-ring (bicyclic) bond motifs is 2. The van der Waals surface area contributed by atoms with Gasteiger partial charge in [0.2, 0.25) is 0 Å². The Bertz CT molecular complexity index is 1150. The van der Waals surface area contributed by atoms with Crippen LogP contribution in [0.5, 0.6) is 0 Å². The number of aliphatic hydroxyl groups excluding tert-OH is 2. The van der Waals surface area contributed by atoms with Gasteiger partial charge in [0.05, 0.1) is 24.4 Å². The molecule has 0 fully saturated rings. The fourth-order valence-electron chi connectivity index (χ4n) is 4.37. The monoisotopic (exact) mass is 509 g/mol. The summed E-state index contributed by atoms with van der Waals surface area (Å²) in [5.74, 6) is -1.40. The molecular weight excluding hydrogens is 474 g/mol. The van der Waals surface area contributed by atoms with Crippen molar-refractivity contribution in [2.75, 3.05) is 19.7 Å². The number of amides is 1. The van der Waals surface area contributed by atoms with E-state index in [0.29, 0.717) is 18.7 Å². The second-order valence-corrected chi connectivity index (χ2v) is 9.10. The number of hydrazine groups is 1. The van der Waals surface area contributed by atoms with E-state index in [2.05, 4.69) is 10.7 Å². The number of nitrogens with one attached hydrogen (secondary N) is 2. The zero-order chi connectivity index (χ0) is 26.9. The molecule has 4 N–H and O–H groups in total. The van der Waals surface area contributed by atoms with E-state index in [9.17, 15) is 24.3 Å². The predicted molar refractivity (Wildman–Crippen MR) is 138 cm³/mol. The third-order valence-corrected chi connectivity index (χ3v) is 6.25. The van der Waals surface area contributed by atoms with Gasteiger partial charge in [0.25, 0.3) is 5.91 Å². The van der Waals surface area contributed by atoms with Crippen molar-refractivity contribution in [3.05, 3.63) is 70.3 Å². The predicted octanol–water partition coefficient (Wildman–Crippen LogP) is 2.24. The largest absolute Gasteiger partial charge is 0.394 e. The number of rotatable bonds is 14. The van der Waals surface area contributed by atoms with Crippen LogP contribution < -0.4 is 10.7 Å². The molecule has 3 rings (SSSR count). The van der Waals surface area contributed by atoms with Crippen molar-refractivity contribution in [1.29, 1.82) is 0 Å². The van der Waals surface area contributed by atoms with Crippen LogP contribution in [0.4, 0.5) is 0 Å². The highest BCUT2D eigenvalue weighted by atomic mass is 16.3. The molecule has 0 aliphatic heterocycles. The number of nitrogens with zero attached hydrogens (tertiary/aromatic N) is 1. The average molecular weight is 510 g/mol. The molecule has 0 spiro atoms. The van der Waals surface area contributed by atoms with Crippen LogP contribution in [-0.2, 0) is 4.79 Å². The first kappa shape index (κ1) is 28.3. The number of aliphatic hydroxyl groups is 2. The maximum atomic E-state index is 14.0. The summed E-state index contributed by atoms with van der Waals surface area (Å²) in [5, 5.41) is 23.3. The van der Waals surface area contributed by atoms with Crippen molar-refractivity contribution in [1.82, 2.24) is 15.8 Å². The first-order chi connectivity index (χ1) is 17.8. The minimum Gasteiger partial charge on any atom is -0.394 e. The van der Waals surface area contributed by atoms with Crippen LogP contribution in [0.2, 0.25) is 0 Å². The van der Waals surface area contributed by atoms with Gasteiger partial charge in [-0.3, -0.25) is 29.5 Å². The molecule has 37 heavy (non-hydrogen) atoms. The number of hydrogen-bond donors (Lipinski definition) is 4. The number of carbonyl (C=O) groups is 4. The van der Waals surface area contributed by atoms with Crippen molar-refractivity contribution in [2.24, 2.45) is 0 Å². The highest BCUT2D eigenvalue weighted by Gasteiger charge is 2.35. The molecular formula is C28H35N3O6. The summed E-state index contributed by atoms with van der Waals surface area (Å²) in [6, 6.07) is 11.3. The van der Waals surface area contributed by atoms with Crippen LogP contribution in [0.15, 0.2) is 42.5 Å². The van der Waals surface area contributed by atoms with Crippen LogP contribution in [0.3, 0.4) is 0 Å². The zero-order valence-electron chi connectivity index (χ0n) is 21.3. The molecule has 9 nitrogen and oxygen atoms in total. The number of carbonyl (C=O) groups excluding carboxylic acids is 4. The molecule has 0 saturated carbocycles. The third kappa shape index (κ3) is 6.56. The van der Waals surface area contributed by atoms with Crippen LogP contribution in [0, 0.1) is 0 Å². The lowest BCUT2D eigenvalue weighted by atomic mass is 9.81. The van der Waals surface area contributed by atoms with Gasteiger partial charge in [0.15, 0.2) is 11.6 Å². The summed E-state index contributed by atoms with van der Waals surface area (Å²) in [5.41, 5.74) is 4.09. The molecule has 0 aromatic heterocycles. The Morgan fingerprint density at radius 1 is 0.919 bits per heavy atom. The van der Waals surface area contributed by atoms with Gasteiger partial charge in [0, 0.05) is 41.6 Å². The Kier molecular flexibility index (Phi) is 10.2. The van der Waals surface area contributed by atoms with Gasteiger partial charge >= 0.3 is 0 Å². The van der Waals surface area contributed by atoms with E-state index in [0.717, 1.165) is 12.8 Å². The Labute approximate surface area is 216 Å². The van der Waals surface area contributed by atoms with E-state index < -0.39 is 24.8 Å². The molecule has 0 saturated heterocycles. The van der Waals surface area contributed by atoms with Gasteiger partial charge < -0.3 is 10.2 Å². The minimum atomic E-state index is -1.12. The first-order valence-corrected chi connectivity index (χ1v) is 12.8. The lowest BCUT2D eigenvalue weighted by molar-refractivity contribution is -0.122. The van der Waals surface area contributed by atoms with E-state index in [1.807, 2.05) is 13.8 Å². The molecule has 2 unspecified atom stereocenters. The second kappa shape index (κ2) is 13.3. The summed E-state index contributed by atoms with van der Waals surface area (Å²) in [7, 11) is 0. The Hall–Kier alpha value is -3.24. The fraction of sp³-hybridized carbons (Fsp3) is 0.429. The average Bonchev–Trinajstić information content (AvgIpc) is 2.92. The van der Waals surface area contributed by atoms with E-state index in [1.165, 1.54) is 5.01 Å². The SMILES string of the molecule is CCCNC(CCC(=O)CC(O)CO)N(NCCC)C(=O)c1cccc2c1C(=O)c1ccccc1C2=O. The van der Waals surface area contributed by atoms with E-state index in [1.54, 1.807) is 42.5 Å². The normalized spacial score (nSPS) is 14.1. The molecule has 1 aliphatic carbocycles. The van der Waals surface area contributed by atoms with E-state index >= 15 is 0 Å². The standard InChI is InChI=1S/C28H35N3O6/c1-3-14-29-24(13-12-18(33)16-19(34)17-32)31(30-15-4-2)28(37)23-11-7-10-22-25(23)27(36)21-9-6-5-8-20(21)26(22)35/h5-11,19,24,29-30,32,34H,3-4,12-17H2,1-2H3. The van der Waals surface area contributed by atoms with Gasteiger partial charge in [-0.05, 0) is 31.9 Å². The lowest BCUT2D eigenvalue weighted by Crippen LogP contribution is -2.56.